The third-order valence-corrected chi connectivity index (χ3v) is 3.76. The molecule has 3 aliphatic carbocycles. The van der Waals surface area contributed by atoms with Gasteiger partial charge in [-0.25, -0.2) is 0 Å². The Morgan fingerprint density at radius 2 is 1.92 bits per heavy atom. The molecule has 1 heteroatoms. The van der Waals surface area contributed by atoms with Crippen molar-refractivity contribution >= 4 is 0 Å². The van der Waals surface area contributed by atoms with Crippen LogP contribution in [0, 0.1) is 17.8 Å². The van der Waals surface area contributed by atoms with Gasteiger partial charge >= 0.3 is 0 Å². The molecule has 0 saturated heterocycles. The van der Waals surface area contributed by atoms with Gasteiger partial charge in [0.15, 0.2) is 0 Å². The van der Waals surface area contributed by atoms with E-state index in [0.717, 1.165) is 17.8 Å². The molecule has 74 valence electrons. The van der Waals surface area contributed by atoms with Crippen molar-refractivity contribution in [3.05, 3.63) is 12.2 Å². The first kappa shape index (κ1) is 9.26. The Balaban J connectivity index is 1.93. The van der Waals surface area contributed by atoms with Crippen molar-refractivity contribution in [2.75, 3.05) is 0 Å². The summed E-state index contributed by atoms with van der Waals surface area (Å²) in [5.41, 5.74) is 5.72. The van der Waals surface area contributed by atoms with E-state index >= 15 is 0 Å². The van der Waals surface area contributed by atoms with Crippen LogP contribution in [-0.4, -0.2) is 6.04 Å². The molecular weight excluding hydrogens is 158 g/mol. The van der Waals surface area contributed by atoms with E-state index in [4.69, 9.17) is 5.73 Å². The highest BCUT2D eigenvalue weighted by Gasteiger charge is 2.33. The smallest absolute Gasteiger partial charge is 0.0194 e. The molecule has 1 nitrogen and oxygen atoms in total. The highest BCUT2D eigenvalue weighted by Crippen LogP contribution is 2.45. The van der Waals surface area contributed by atoms with Crippen LogP contribution in [0.3, 0.4) is 0 Å². The minimum absolute atomic E-state index is 0.237. The molecule has 3 fully saturated rings. The van der Waals surface area contributed by atoms with Gasteiger partial charge < -0.3 is 5.73 Å². The maximum atomic E-state index is 5.72. The Bertz CT molecular complexity index is 187. The molecule has 2 atom stereocenters. The van der Waals surface area contributed by atoms with E-state index in [1.165, 1.54) is 32.1 Å². The zero-order valence-corrected chi connectivity index (χ0v) is 8.58. The van der Waals surface area contributed by atoms with Crippen LogP contribution in [0.15, 0.2) is 12.2 Å². The molecule has 0 heterocycles. The average Bonchev–Trinajstić information content (AvgIpc) is 2.17. The van der Waals surface area contributed by atoms with Crippen LogP contribution < -0.4 is 5.73 Å². The van der Waals surface area contributed by atoms with Crippen LogP contribution in [0.1, 0.15) is 39.0 Å². The number of hydrogen-bond donors (Lipinski definition) is 1. The van der Waals surface area contributed by atoms with Crippen molar-refractivity contribution in [1.82, 2.24) is 0 Å². The topological polar surface area (TPSA) is 26.0 Å². The van der Waals surface area contributed by atoms with Crippen LogP contribution >= 0.6 is 0 Å². The molecule has 0 spiro atoms. The average molecular weight is 179 g/mol. The van der Waals surface area contributed by atoms with Gasteiger partial charge in [-0.2, -0.15) is 0 Å². The fourth-order valence-corrected chi connectivity index (χ4v) is 2.98. The van der Waals surface area contributed by atoms with Crippen LogP contribution in [-0.2, 0) is 0 Å². The lowest BCUT2D eigenvalue weighted by Gasteiger charge is -2.41. The van der Waals surface area contributed by atoms with E-state index in [0.29, 0.717) is 0 Å². The van der Waals surface area contributed by atoms with Gasteiger partial charge in [-0.3, -0.25) is 0 Å². The number of allylic oxidation sites excluding steroid dienone is 1. The fraction of sp³-hybridized carbons (Fsp3) is 0.833. The van der Waals surface area contributed by atoms with Crippen LogP contribution in [0.4, 0.5) is 0 Å². The number of rotatable bonds is 2. The normalized spacial score (nSPS) is 41.2. The lowest BCUT2D eigenvalue weighted by molar-refractivity contribution is 0.128. The molecule has 0 aromatic heterocycles. The number of fused-ring (bicyclic) bond motifs is 3. The molecule has 13 heavy (non-hydrogen) atoms. The predicted octanol–water partition coefficient (Wildman–Crippen LogP) is 2.72. The summed E-state index contributed by atoms with van der Waals surface area (Å²) >= 11 is 0. The van der Waals surface area contributed by atoms with E-state index in [1.807, 2.05) is 0 Å². The van der Waals surface area contributed by atoms with Gasteiger partial charge in [-0.15, -0.1) is 0 Å². The predicted molar refractivity (Wildman–Crippen MR) is 56.3 cm³/mol. The van der Waals surface area contributed by atoms with Crippen molar-refractivity contribution in [2.24, 2.45) is 23.5 Å². The van der Waals surface area contributed by atoms with E-state index in [2.05, 4.69) is 19.1 Å². The molecule has 3 saturated carbocycles. The van der Waals surface area contributed by atoms with Crippen LogP contribution in [0.25, 0.3) is 0 Å². The Morgan fingerprint density at radius 1 is 1.23 bits per heavy atom. The zero-order valence-electron chi connectivity index (χ0n) is 8.58. The zero-order chi connectivity index (χ0) is 9.26. The van der Waals surface area contributed by atoms with Crippen molar-refractivity contribution in [1.29, 1.82) is 0 Å². The highest BCUT2D eigenvalue weighted by atomic mass is 14.6. The summed E-state index contributed by atoms with van der Waals surface area (Å²) in [5, 5.41) is 0. The van der Waals surface area contributed by atoms with Crippen molar-refractivity contribution < 1.29 is 0 Å². The van der Waals surface area contributed by atoms with Gasteiger partial charge in [0, 0.05) is 6.04 Å². The highest BCUT2D eigenvalue weighted by molar-refractivity contribution is 5.00. The Labute approximate surface area is 81.4 Å². The molecule has 0 aromatic rings. The van der Waals surface area contributed by atoms with Gasteiger partial charge in [0.25, 0.3) is 0 Å². The second kappa shape index (κ2) is 3.83. The summed E-state index contributed by atoms with van der Waals surface area (Å²) in [6.07, 6.45) is 11.9. The Morgan fingerprint density at radius 3 is 2.38 bits per heavy atom. The minimum atomic E-state index is 0.237. The molecule has 3 rings (SSSR count). The summed E-state index contributed by atoms with van der Waals surface area (Å²) in [6, 6.07) is 0.237. The first-order chi connectivity index (χ1) is 6.25. The molecular formula is C12H21N. The molecule has 0 radical (unpaired) electrons. The van der Waals surface area contributed by atoms with Gasteiger partial charge in [-0.05, 0) is 43.9 Å². The van der Waals surface area contributed by atoms with E-state index in [9.17, 15) is 0 Å². The van der Waals surface area contributed by atoms with Crippen LogP contribution in [0.2, 0.25) is 0 Å². The first-order valence-electron chi connectivity index (χ1n) is 5.69. The van der Waals surface area contributed by atoms with Crippen molar-refractivity contribution in [2.45, 2.75) is 45.1 Å². The summed E-state index contributed by atoms with van der Waals surface area (Å²) in [4.78, 5) is 0. The minimum Gasteiger partial charge on any atom is -0.325 e. The molecule has 3 aliphatic rings. The van der Waals surface area contributed by atoms with Gasteiger partial charge in [0.1, 0.15) is 0 Å². The molecule has 2 bridgehead atoms. The third kappa shape index (κ3) is 2.14. The van der Waals surface area contributed by atoms with E-state index in [-0.39, 0.29) is 6.04 Å². The van der Waals surface area contributed by atoms with Gasteiger partial charge in [-0.1, -0.05) is 25.0 Å². The maximum absolute atomic E-state index is 5.72. The first-order valence-corrected chi connectivity index (χ1v) is 5.69. The lowest BCUT2D eigenvalue weighted by Crippen LogP contribution is -2.30. The fourth-order valence-electron chi connectivity index (χ4n) is 2.98. The Kier molecular flexibility index (Phi) is 2.73. The van der Waals surface area contributed by atoms with E-state index < -0.39 is 0 Å². The summed E-state index contributed by atoms with van der Waals surface area (Å²) in [7, 11) is 0. The summed E-state index contributed by atoms with van der Waals surface area (Å²) in [6.45, 7) is 2.05. The van der Waals surface area contributed by atoms with Crippen molar-refractivity contribution in [3.63, 3.8) is 0 Å². The van der Waals surface area contributed by atoms with Gasteiger partial charge in [0.2, 0.25) is 0 Å². The molecule has 2 unspecified atom stereocenters. The summed E-state index contributed by atoms with van der Waals surface area (Å²) < 4.78 is 0. The lowest BCUT2D eigenvalue weighted by atomic mass is 9.65. The standard InChI is InChI=1S/C12H21N/c1-9(13)2-5-12-8-10-3-6-11(12)7-4-10/h2,5,9-12H,3-4,6-8,13H2,1H3/b5-2+. The maximum Gasteiger partial charge on any atom is 0.0194 e. The Hall–Kier alpha value is -0.300. The molecule has 0 amide bonds. The monoisotopic (exact) mass is 179 g/mol. The SMILES string of the molecule is CC(N)/C=C/C1CC2CCC1CC2. The van der Waals surface area contributed by atoms with Crippen LogP contribution in [0.5, 0.6) is 0 Å². The quantitative estimate of drug-likeness (QED) is 0.648. The molecule has 2 N–H and O–H groups in total. The molecule has 0 aromatic carbocycles. The molecule has 0 aliphatic heterocycles. The number of hydrogen-bond acceptors (Lipinski definition) is 1. The van der Waals surface area contributed by atoms with Crippen molar-refractivity contribution in [3.8, 4) is 0 Å². The third-order valence-electron chi connectivity index (χ3n) is 3.76. The largest absolute Gasteiger partial charge is 0.325 e. The van der Waals surface area contributed by atoms with E-state index in [1.54, 1.807) is 0 Å². The number of nitrogens with two attached hydrogens (primary N) is 1. The second-order valence-electron chi connectivity index (χ2n) is 4.92. The van der Waals surface area contributed by atoms with Gasteiger partial charge in [0.05, 0.1) is 0 Å². The second-order valence-corrected chi connectivity index (χ2v) is 4.92. The summed E-state index contributed by atoms with van der Waals surface area (Å²) in [5.74, 6) is 2.88.